The molecule has 3 rings (SSSR count). The Bertz CT molecular complexity index is 855. The first-order valence-corrected chi connectivity index (χ1v) is 12.3. The molecular weight excluding hydrogens is 408 g/mol. The summed E-state index contributed by atoms with van der Waals surface area (Å²) in [7, 11) is 1.67. The van der Waals surface area contributed by atoms with E-state index in [0.29, 0.717) is 17.7 Å². The molecule has 2 aromatic rings. The van der Waals surface area contributed by atoms with Crippen LogP contribution in [0.25, 0.3) is 11.4 Å². The van der Waals surface area contributed by atoms with Crippen molar-refractivity contribution in [3.05, 3.63) is 24.3 Å². The quantitative estimate of drug-likeness (QED) is 0.507. The lowest BCUT2D eigenvalue weighted by Gasteiger charge is -2.32. The van der Waals surface area contributed by atoms with E-state index in [-0.39, 0.29) is 18.0 Å². The average molecular weight is 445 g/mol. The van der Waals surface area contributed by atoms with Gasteiger partial charge in [0, 0.05) is 23.7 Å². The van der Waals surface area contributed by atoms with Crippen LogP contribution in [0.15, 0.2) is 29.4 Å². The van der Waals surface area contributed by atoms with Gasteiger partial charge in [-0.25, -0.2) is 0 Å². The lowest BCUT2D eigenvalue weighted by Crippen LogP contribution is -2.43. The molecule has 170 valence electrons. The van der Waals surface area contributed by atoms with E-state index >= 15 is 0 Å². The van der Waals surface area contributed by atoms with Crippen LogP contribution >= 0.6 is 11.8 Å². The Kier molecular flexibility index (Phi) is 8.03. The van der Waals surface area contributed by atoms with E-state index in [1.54, 1.807) is 7.11 Å². The van der Waals surface area contributed by atoms with E-state index in [4.69, 9.17) is 4.74 Å². The van der Waals surface area contributed by atoms with Crippen molar-refractivity contribution in [1.82, 2.24) is 19.7 Å². The Morgan fingerprint density at radius 1 is 1.13 bits per heavy atom. The van der Waals surface area contributed by atoms with E-state index in [1.165, 1.54) is 31.0 Å². The molecule has 1 aromatic heterocycles. The van der Waals surface area contributed by atoms with E-state index in [1.807, 2.05) is 29.2 Å². The highest BCUT2D eigenvalue weighted by atomic mass is 32.2. The summed E-state index contributed by atoms with van der Waals surface area (Å²) in [6.45, 7) is 10.6. The number of hydrogen-bond acceptors (Lipinski definition) is 5. The van der Waals surface area contributed by atoms with E-state index < -0.39 is 0 Å². The van der Waals surface area contributed by atoms with Crippen molar-refractivity contribution in [2.24, 2.45) is 5.92 Å². The maximum Gasteiger partial charge on any atom is 0.233 e. The number of amides is 1. The number of aromatic nitrogens is 3. The Hall–Kier alpha value is -2.02. The van der Waals surface area contributed by atoms with Crippen molar-refractivity contribution in [3.8, 4) is 17.1 Å². The lowest BCUT2D eigenvalue weighted by atomic mass is 9.85. The van der Waals surface area contributed by atoms with Gasteiger partial charge in [-0.15, -0.1) is 10.2 Å². The predicted molar refractivity (Wildman–Crippen MR) is 127 cm³/mol. The summed E-state index contributed by atoms with van der Waals surface area (Å²) in [5.41, 5.74) is 1.02. The second-order valence-electron chi connectivity index (χ2n) is 9.01. The number of carbonyl (C=O) groups is 1. The number of rotatable bonds is 8. The first-order valence-electron chi connectivity index (χ1n) is 11.4. The van der Waals surface area contributed by atoms with Crippen molar-refractivity contribution in [2.75, 3.05) is 12.9 Å². The van der Waals surface area contributed by atoms with Crippen LogP contribution in [0, 0.1) is 5.92 Å². The zero-order valence-corrected chi connectivity index (χ0v) is 20.5. The zero-order chi connectivity index (χ0) is 22.5. The number of carbonyl (C=O) groups excluding carboxylic acids is 1. The fourth-order valence-electron chi connectivity index (χ4n) is 4.66. The normalized spacial score (nSPS) is 19.1. The van der Waals surface area contributed by atoms with E-state index in [2.05, 4.69) is 49.4 Å². The fourth-order valence-corrected chi connectivity index (χ4v) is 5.53. The number of benzene rings is 1. The van der Waals surface area contributed by atoms with Gasteiger partial charge < -0.3 is 9.64 Å². The van der Waals surface area contributed by atoms with Crippen LogP contribution in [0.5, 0.6) is 5.75 Å². The van der Waals surface area contributed by atoms with Crippen molar-refractivity contribution in [2.45, 2.75) is 83.6 Å². The molecular formula is C24H36N4O2S. The minimum Gasteiger partial charge on any atom is -0.497 e. The Morgan fingerprint density at radius 2 is 1.77 bits per heavy atom. The van der Waals surface area contributed by atoms with Gasteiger partial charge in [-0.05, 0) is 70.7 Å². The van der Waals surface area contributed by atoms with Crippen LogP contribution in [0.2, 0.25) is 0 Å². The maximum absolute atomic E-state index is 12.9. The number of ether oxygens (including phenoxy) is 1. The highest BCUT2D eigenvalue weighted by Gasteiger charge is 2.29. The Labute approximate surface area is 190 Å². The van der Waals surface area contributed by atoms with Gasteiger partial charge >= 0.3 is 0 Å². The molecule has 2 unspecified atom stereocenters. The molecule has 0 aliphatic heterocycles. The minimum atomic E-state index is 0.146. The van der Waals surface area contributed by atoms with Gasteiger partial charge in [0.25, 0.3) is 0 Å². The van der Waals surface area contributed by atoms with Crippen LogP contribution in [-0.4, -0.2) is 50.5 Å². The second kappa shape index (κ2) is 10.5. The topological polar surface area (TPSA) is 60.3 Å². The van der Waals surface area contributed by atoms with Crippen LogP contribution in [0.4, 0.5) is 0 Å². The van der Waals surface area contributed by atoms with Gasteiger partial charge in [0.05, 0.1) is 12.9 Å². The molecule has 0 radical (unpaired) electrons. The van der Waals surface area contributed by atoms with Gasteiger partial charge in [0.15, 0.2) is 11.0 Å². The highest BCUT2D eigenvalue weighted by molar-refractivity contribution is 7.99. The van der Waals surface area contributed by atoms with Crippen LogP contribution in [-0.2, 0) is 4.79 Å². The molecule has 1 fully saturated rings. The van der Waals surface area contributed by atoms with Crippen LogP contribution < -0.4 is 4.74 Å². The number of methoxy groups -OCH3 is 1. The molecule has 0 bridgehead atoms. The second-order valence-corrected chi connectivity index (χ2v) is 9.95. The van der Waals surface area contributed by atoms with Gasteiger partial charge in [0.2, 0.25) is 5.91 Å². The van der Waals surface area contributed by atoms with Crippen LogP contribution in [0.3, 0.4) is 0 Å². The SMILES string of the molecule is COc1ccc(-c2nnc(SCC(=O)N(C(C)C)C(C)C)n2C2CCCCC2C)cc1. The molecule has 0 spiro atoms. The molecule has 1 heterocycles. The number of nitrogens with zero attached hydrogens (tertiary/aromatic N) is 4. The van der Waals surface area contributed by atoms with Gasteiger partial charge in [-0.3, -0.25) is 9.36 Å². The smallest absolute Gasteiger partial charge is 0.233 e. The fraction of sp³-hybridized carbons (Fsp3) is 0.625. The van der Waals surface area contributed by atoms with Gasteiger partial charge in [-0.2, -0.15) is 0 Å². The summed E-state index contributed by atoms with van der Waals surface area (Å²) >= 11 is 1.51. The van der Waals surface area contributed by atoms with Gasteiger partial charge in [-0.1, -0.05) is 31.5 Å². The van der Waals surface area contributed by atoms with Crippen molar-refractivity contribution in [3.63, 3.8) is 0 Å². The molecule has 6 nitrogen and oxygen atoms in total. The average Bonchev–Trinajstić information content (AvgIpc) is 3.15. The molecule has 0 saturated heterocycles. The van der Waals surface area contributed by atoms with Crippen molar-refractivity contribution in [1.29, 1.82) is 0 Å². The monoisotopic (exact) mass is 444 g/mol. The number of hydrogen-bond donors (Lipinski definition) is 0. The third-order valence-electron chi connectivity index (χ3n) is 6.14. The maximum atomic E-state index is 12.9. The molecule has 31 heavy (non-hydrogen) atoms. The van der Waals surface area contributed by atoms with Crippen molar-refractivity contribution >= 4 is 17.7 Å². The first kappa shape index (κ1) is 23.6. The number of thioether (sulfide) groups is 1. The molecule has 1 aromatic carbocycles. The summed E-state index contributed by atoms with van der Waals surface area (Å²) in [6.07, 6.45) is 4.82. The molecule has 1 aliphatic carbocycles. The molecule has 2 atom stereocenters. The molecule has 1 aliphatic rings. The molecule has 7 heteroatoms. The first-order chi connectivity index (χ1) is 14.8. The van der Waals surface area contributed by atoms with E-state index in [9.17, 15) is 4.79 Å². The van der Waals surface area contributed by atoms with Crippen molar-refractivity contribution < 1.29 is 9.53 Å². The standard InChI is InChI=1S/C24H36N4O2S/c1-16(2)27(17(3)4)22(29)15-31-24-26-25-23(19-11-13-20(30-6)14-12-19)28(24)21-10-8-7-9-18(21)5/h11-14,16-18,21H,7-10,15H2,1-6H3. The summed E-state index contributed by atoms with van der Waals surface area (Å²) in [4.78, 5) is 14.9. The van der Waals surface area contributed by atoms with Gasteiger partial charge in [0.1, 0.15) is 5.75 Å². The molecule has 1 amide bonds. The van der Waals surface area contributed by atoms with Crippen LogP contribution in [0.1, 0.15) is 66.3 Å². The predicted octanol–water partition coefficient (Wildman–Crippen LogP) is 5.44. The summed E-state index contributed by atoms with van der Waals surface area (Å²) in [6, 6.07) is 8.69. The Balaban J connectivity index is 1.90. The molecule has 0 N–H and O–H groups in total. The summed E-state index contributed by atoms with van der Waals surface area (Å²) in [5, 5.41) is 9.95. The molecule has 1 saturated carbocycles. The summed E-state index contributed by atoms with van der Waals surface area (Å²) < 4.78 is 7.60. The minimum absolute atomic E-state index is 0.146. The third-order valence-corrected chi connectivity index (χ3v) is 7.06. The Morgan fingerprint density at radius 3 is 2.35 bits per heavy atom. The zero-order valence-electron chi connectivity index (χ0n) is 19.7. The highest BCUT2D eigenvalue weighted by Crippen LogP contribution is 2.39. The largest absolute Gasteiger partial charge is 0.497 e. The lowest BCUT2D eigenvalue weighted by molar-refractivity contribution is -0.131. The summed E-state index contributed by atoms with van der Waals surface area (Å²) in [5.74, 6) is 2.77. The van der Waals surface area contributed by atoms with E-state index in [0.717, 1.165) is 28.7 Å². The third kappa shape index (κ3) is 5.43.